The highest BCUT2D eigenvalue weighted by atomic mass is 16.2. The normalized spacial score (nSPS) is 20.4. The van der Waals surface area contributed by atoms with Crippen LogP contribution in [0.25, 0.3) is 0 Å². The molecule has 0 saturated carbocycles. The zero-order valence-corrected chi connectivity index (χ0v) is 16.4. The first kappa shape index (κ1) is 19.4. The lowest BCUT2D eigenvalue weighted by molar-refractivity contribution is 0.0950. The lowest BCUT2D eigenvalue weighted by Crippen LogP contribution is -2.38. The molecule has 1 aromatic carbocycles. The van der Waals surface area contributed by atoms with Crippen LogP contribution < -0.4 is 10.9 Å². The molecule has 27 heavy (non-hydrogen) atoms. The molecule has 0 bridgehead atoms. The predicted octanol–water partition coefficient (Wildman–Crippen LogP) is 2.79. The van der Waals surface area contributed by atoms with Gasteiger partial charge in [-0.05, 0) is 35.4 Å². The van der Waals surface area contributed by atoms with Gasteiger partial charge in [0.2, 0.25) is 0 Å². The number of nitrogens with one attached hydrogen (secondary N) is 1. The molecule has 1 aromatic heterocycles. The number of nitrogens with zero attached hydrogens (tertiary/aromatic N) is 2. The van der Waals surface area contributed by atoms with Crippen LogP contribution in [0.5, 0.6) is 0 Å². The zero-order valence-electron chi connectivity index (χ0n) is 16.4. The molecule has 3 rings (SSSR count). The third kappa shape index (κ3) is 5.07. The van der Waals surface area contributed by atoms with Crippen LogP contribution in [0.4, 0.5) is 0 Å². The van der Waals surface area contributed by atoms with Crippen molar-refractivity contribution in [3.05, 3.63) is 69.6 Å². The summed E-state index contributed by atoms with van der Waals surface area (Å²) in [6.07, 6.45) is 2.91. The van der Waals surface area contributed by atoms with Crippen molar-refractivity contribution in [1.82, 2.24) is 14.8 Å². The van der Waals surface area contributed by atoms with Crippen LogP contribution in [0.1, 0.15) is 41.8 Å². The largest absolute Gasteiger partial charge is 0.348 e. The van der Waals surface area contributed by atoms with Crippen molar-refractivity contribution < 1.29 is 4.79 Å². The number of piperidine rings is 1. The van der Waals surface area contributed by atoms with E-state index in [0.717, 1.165) is 37.0 Å². The van der Waals surface area contributed by atoms with E-state index in [0.29, 0.717) is 12.1 Å². The van der Waals surface area contributed by atoms with Gasteiger partial charge in [0.25, 0.3) is 11.5 Å². The molecule has 2 aromatic rings. The number of amides is 1. The number of rotatable bonds is 5. The van der Waals surface area contributed by atoms with Crippen LogP contribution in [0.2, 0.25) is 0 Å². The molecule has 1 saturated heterocycles. The van der Waals surface area contributed by atoms with Crippen molar-refractivity contribution >= 4 is 5.91 Å². The highest BCUT2D eigenvalue weighted by molar-refractivity contribution is 5.93. The lowest BCUT2D eigenvalue weighted by Gasteiger charge is -2.35. The van der Waals surface area contributed by atoms with Gasteiger partial charge >= 0.3 is 0 Å². The van der Waals surface area contributed by atoms with Crippen LogP contribution in [0.15, 0.2) is 47.4 Å². The maximum atomic E-state index is 12.4. The van der Waals surface area contributed by atoms with E-state index < -0.39 is 0 Å². The van der Waals surface area contributed by atoms with E-state index in [1.807, 2.05) is 6.07 Å². The molecule has 1 aliphatic rings. The summed E-state index contributed by atoms with van der Waals surface area (Å²) < 4.78 is 1.45. The number of pyridine rings is 1. The number of aromatic nitrogens is 1. The second-order valence-electron chi connectivity index (χ2n) is 7.96. The van der Waals surface area contributed by atoms with Crippen LogP contribution in [-0.2, 0) is 20.1 Å². The number of carbonyl (C=O) groups excluding carboxylic acids is 1. The van der Waals surface area contributed by atoms with E-state index in [9.17, 15) is 9.59 Å². The van der Waals surface area contributed by atoms with Crippen molar-refractivity contribution in [2.24, 2.45) is 18.9 Å². The van der Waals surface area contributed by atoms with E-state index in [-0.39, 0.29) is 11.5 Å². The molecule has 0 aliphatic carbocycles. The monoisotopic (exact) mass is 367 g/mol. The van der Waals surface area contributed by atoms with E-state index in [1.54, 1.807) is 19.3 Å². The summed E-state index contributed by atoms with van der Waals surface area (Å²) in [6.45, 7) is 8.25. The number of aryl methyl sites for hydroxylation is 1. The first-order valence-corrected chi connectivity index (χ1v) is 9.66. The van der Waals surface area contributed by atoms with Gasteiger partial charge in [0.05, 0.1) is 0 Å². The Morgan fingerprint density at radius 1 is 1.11 bits per heavy atom. The van der Waals surface area contributed by atoms with Crippen molar-refractivity contribution in [3.63, 3.8) is 0 Å². The standard InChI is InChI=1S/C22H29N3O2/c1-16-10-17(2)14-25(13-16)15-20-7-5-4-6-19(20)12-23-22(27)18-8-9-24(3)21(26)11-18/h4-9,11,16-17H,10,12-15H2,1-3H3,(H,23,27)/t16-,17-/m1/s1. The minimum Gasteiger partial charge on any atom is -0.348 e. The first-order valence-electron chi connectivity index (χ1n) is 9.66. The summed E-state index contributed by atoms with van der Waals surface area (Å²) in [6, 6.07) is 11.3. The van der Waals surface area contributed by atoms with Crippen molar-refractivity contribution in [1.29, 1.82) is 0 Å². The summed E-state index contributed by atoms with van der Waals surface area (Å²) in [5.74, 6) is 1.23. The van der Waals surface area contributed by atoms with Crippen molar-refractivity contribution in [2.45, 2.75) is 33.4 Å². The van der Waals surface area contributed by atoms with Crippen LogP contribution in [0.3, 0.4) is 0 Å². The summed E-state index contributed by atoms with van der Waals surface area (Å²) in [7, 11) is 1.67. The van der Waals surface area contributed by atoms with E-state index in [1.165, 1.54) is 22.6 Å². The van der Waals surface area contributed by atoms with Gasteiger partial charge in [-0.15, -0.1) is 0 Å². The molecular weight excluding hydrogens is 338 g/mol. The molecule has 5 nitrogen and oxygen atoms in total. The minimum atomic E-state index is -0.220. The Morgan fingerprint density at radius 3 is 2.44 bits per heavy atom. The molecule has 1 amide bonds. The summed E-state index contributed by atoms with van der Waals surface area (Å²) in [4.78, 5) is 26.6. The van der Waals surface area contributed by atoms with Crippen molar-refractivity contribution in [3.8, 4) is 0 Å². The van der Waals surface area contributed by atoms with Gasteiger partial charge in [0.1, 0.15) is 0 Å². The summed E-state index contributed by atoms with van der Waals surface area (Å²) >= 11 is 0. The molecule has 5 heteroatoms. The Labute approximate surface area is 161 Å². The third-order valence-corrected chi connectivity index (χ3v) is 5.26. The summed E-state index contributed by atoms with van der Waals surface area (Å²) in [5, 5.41) is 2.95. The zero-order chi connectivity index (χ0) is 19.4. The van der Waals surface area contributed by atoms with Gasteiger partial charge < -0.3 is 9.88 Å². The van der Waals surface area contributed by atoms with Crippen molar-refractivity contribution in [2.75, 3.05) is 13.1 Å². The Bertz CT molecular complexity index is 849. The van der Waals surface area contributed by atoms with Crippen LogP contribution in [-0.4, -0.2) is 28.5 Å². The van der Waals surface area contributed by atoms with E-state index >= 15 is 0 Å². The number of likely N-dealkylation sites (tertiary alicyclic amines) is 1. The summed E-state index contributed by atoms with van der Waals surface area (Å²) in [5.41, 5.74) is 2.59. The number of carbonyl (C=O) groups is 1. The van der Waals surface area contributed by atoms with Gasteiger partial charge in [-0.3, -0.25) is 14.5 Å². The number of hydrogen-bond acceptors (Lipinski definition) is 3. The molecule has 1 fully saturated rings. The molecule has 0 spiro atoms. The average Bonchev–Trinajstić information content (AvgIpc) is 2.62. The van der Waals surface area contributed by atoms with Gasteiger partial charge in [-0.1, -0.05) is 38.1 Å². The van der Waals surface area contributed by atoms with Gasteiger partial charge in [-0.25, -0.2) is 0 Å². The highest BCUT2D eigenvalue weighted by Crippen LogP contribution is 2.23. The van der Waals surface area contributed by atoms with Crippen LogP contribution >= 0.6 is 0 Å². The van der Waals surface area contributed by atoms with E-state index in [4.69, 9.17) is 0 Å². The molecule has 2 atom stereocenters. The molecule has 0 unspecified atom stereocenters. The molecule has 0 radical (unpaired) electrons. The smallest absolute Gasteiger partial charge is 0.251 e. The number of benzene rings is 1. The fourth-order valence-electron chi connectivity index (χ4n) is 4.01. The molecular formula is C22H29N3O2. The molecule has 144 valence electrons. The van der Waals surface area contributed by atoms with Gasteiger partial charge in [-0.2, -0.15) is 0 Å². The predicted molar refractivity (Wildman–Crippen MR) is 108 cm³/mol. The van der Waals surface area contributed by atoms with E-state index in [2.05, 4.69) is 42.3 Å². The molecule has 1 N–H and O–H groups in total. The Hall–Kier alpha value is -2.40. The van der Waals surface area contributed by atoms with Gasteiger partial charge in [0, 0.05) is 51.1 Å². The SMILES string of the molecule is C[C@@H]1C[C@@H](C)CN(Cc2ccccc2CNC(=O)c2ccn(C)c(=O)c2)C1. The average molecular weight is 367 g/mol. The lowest BCUT2D eigenvalue weighted by atomic mass is 9.91. The number of hydrogen-bond donors (Lipinski definition) is 1. The highest BCUT2D eigenvalue weighted by Gasteiger charge is 2.22. The topological polar surface area (TPSA) is 54.3 Å². The van der Waals surface area contributed by atoms with Crippen LogP contribution in [0, 0.1) is 11.8 Å². The second-order valence-corrected chi connectivity index (χ2v) is 7.96. The molecule has 1 aliphatic heterocycles. The maximum absolute atomic E-state index is 12.4. The Balaban J connectivity index is 1.66. The second kappa shape index (κ2) is 8.53. The Kier molecular flexibility index (Phi) is 6.11. The first-order chi connectivity index (χ1) is 12.9. The maximum Gasteiger partial charge on any atom is 0.251 e. The minimum absolute atomic E-state index is 0.184. The molecule has 2 heterocycles. The van der Waals surface area contributed by atoms with Gasteiger partial charge in [0.15, 0.2) is 0 Å². The fourth-order valence-corrected chi connectivity index (χ4v) is 4.01. The quantitative estimate of drug-likeness (QED) is 0.884. The Morgan fingerprint density at radius 2 is 1.78 bits per heavy atom. The third-order valence-electron chi connectivity index (χ3n) is 5.26. The fraction of sp³-hybridized carbons (Fsp3) is 0.455.